The maximum Gasteiger partial charge on any atom is 0.0636 e. The van der Waals surface area contributed by atoms with Crippen LogP contribution in [0.25, 0.3) is 78.7 Å². The molecule has 10 rings (SSSR count). The quantitative estimate of drug-likeness (QED) is 0.216. The van der Waals surface area contributed by atoms with Gasteiger partial charge in [-0.1, -0.05) is 85.0 Å². The highest BCUT2D eigenvalue weighted by atomic mass is 32.1. The minimum absolute atomic E-state index is 0.0497. The topological polar surface area (TPSA) is 42.5 Å². The molecule has 5 heteroatoms. The third kappa shape index (κ3) is 3.27. The minimum Gasteiger partial charge on any atom is -0.375 e. The lowest BCUT2D eigenvalue weighted by Gasteiger charge is -2.22. The fraction of sp³-hybridized carbons (Fsp3) is 0.0526. The predicted octanol–water partition coefficient (Wildman–Crippen LogP) is 10.3. The fourth-order valence-electron chi connectivity index (χ4n) is 7.20. The van der Waals surface area contributed by atoms with Crippen molar-refractivity contribution < 1.29 is 0 Å². The van der Waals surface area contributed by atoms with E-state index in [2.05, 4.69) is 125 Å². The number of aromatic nitrogens is 1. The normalized spacial score (nSPS) is 17.2. The third-order valence-corrected chi connectivity index (χ3v) is 11.5. The van der Waals surface area contributed by atoms with E-state index in [1.54, 1.807) is 0 Å². The number of hydrogen-bond donors (Lipinski definition) is 2. The van der Waals surface area contributed by atoms with Gasteiger partial charge in [0, 0.05) is 68.7 Å². The molecule has 0 saturated heterocycles. The van der Waals surface area contributed by atoms with E-state index in [9.17, 15) is 0 Å². The van der Waals surface area contributed by atoms with Gasteiger partial charge in [0.05, 0.1) is 22.8 Å². The standard InChI is InChI=1S/C38H25N3S2/c39-28-12-3-4-13-29(28)40-30-20-41-31-17-16-21(22-10-7-11-24-23-8-1-5-14-32(23)43-38(22)24)18-27(31)36-35-25-9-2-6-15-33(25)42-34(35)19-26(30)37(36)41/h1-20,28-29,40H,39H2. The molecule has 9 aromatic rings. The molecule has 0 radical (unpaired) electrons. The number of nitrogens with two attached hydrogens (primary N) is 1. The van der Waals surface area contributed by atoms with Gasteiger partial charge in [-0.05, 0) is 41.5 Å². The van der Waals surface area contributed by atoms with E-state index in [0.717, 1.165) is 5.69 Å². The van der Waals surface area contributed by atoms with Gasteiger partial charge >= 0.3 is 0 Å². The summed E-state index contributed by atoms with van der Waals surface area (Å²) in [5, 5.41) is 13.0. The Hall–Kier alpha value is -4.68. The van der Waals surface area contributed by atoms with Crippen LogP contribution in [-0.2, 0) is 0 Å². The molecular formula is C38H25N3S2. The van der Waals surface area contributed by atoms with Crippen molar-refractivity contribution in [3.63, 3.8) is 0 Å². The molecule has 0 saturated carbocycles. The summed E-state index contributed by atoms with van der Waals surface area (Å²) in [7, 11) is 0. The summed E-state index contributed by atoms with van der Waals surface area (Å²) in [4.78, 5) is 0. The van der Waals surface area contributed by atoms with Crippen molar-refractivity contribution in [3.05, 3.63) is 121 Å². The van der Waals surface area contributed by atoms with Crippen LogP contribution in [0.15, 0.2) is 121 Å². The van der Waals surface area contributed by atoms with E-state index in [1.807, 2.05) is 28.7 Å². The molecule has 2 atom stereocenters. The largest absolute Gasteiger partial charge is 0.375 e. The van der Waals surface area contributed by atoms with Crippen molar-refractivity contribution in [1.29, 1.82) is 0 Å². The summed E-state index contributed by atoms with van der Waals surface area (Å²) in [6.07, 6.45) is 10.6. The lowest BCUT2D eigenvalue weighted by atomic mass is 9.98. The zero-order chi connectivity index (χ0) is 28.2. The van der Waals surface area contributed by atoms with Crippen molar-refractivity contribution in [2.45, 2.75) is 12.1 Å². The molecule has 204 valence electrons. The van der Waals surface area contributed by atoms with Crippen LogP contribution < -0.4 is 11.1 Å². The van der Waals surface area contributed by atoms with Gasteiger partial charge in [-0.3, -0.25) is 0 Å². The molecule has 0 amide bonds. The van der Waals surface area contributed by atoms with Gasteiger partial charge in [-0.15, -0.1) is 22.7 Å². The monoisotopic (exact) mass is 587 g/mol. The maximum absolute atomic E-state index is 6.47. The number of nitrogens with one attached hydrogen (secondary N) is 1. The van der Waals surface area contributed by atoms with E-state index in [0.29, 0.717) is 0 Å². The Morgan fingerprint density at radius 3 is 2.33 bits per heavy atom. The van der Waals surface area contributed by atoms with Crippen LogP contribution in [0.1, 0.15) is 0 Å². The Morgan fingerprint density at radius 1 is 0.651 bits per heavy atom. The van der Waals surface area contributed by atoms with Crippen LogP contribution in [0.2, 0.25) is 0 Å². The van der Waals surface area contributed by atoms with Crippen LogP contribution in [-0.4, -0.2) is 16.5 Å². The second-order valence-electron chi connectivity index (χ2n) is 11.6. The molecule has 3 nitrogen and oxygen atoms in total. The number of hydrogen-bond acceptors (Lipinski definition) is 4. The maximum atomic E-state index is 6.47. The Bertz CT molecular complexity index is 2630. The molecule has 4 aromatic heterocycles. The smallest absolute Gasteiger partial charge is 0.0636 e. The lowest BCUT2D eigenvalue weighted by Crippen LogP contribution is -2.38. The summed E-state index contributed by atoms with van der Waals surface area (Å²) < 4.78 is 7.72. The molecule has 43 heavy (non-hydrogen) atoms. The van der Waals surface area contributed by atoms with Crippen LogP contribution in [0, 0.1) is 0 Å². The SMILES string of the molecule is NC1C=CC=CC1Nc1cn2c3ccc(-c4cccc5c4sc4ccccc45)cc3c3c4c(cc1c32)sc1ccccc14. The zero-order valence-electron chi connectivity index (χ0n) is 23.0. The molecular weight excluding hydrogens is 563 g/mol. The molecule has 1 aliphatic carbocycles. The highest BCUT2D eigenvalue weighted by molar-refractivity contribution is 7.26. The number of thiophene rings is 2. The molecule has 0 fully saturated rings. The highest BCUT2D eigenvalue weighted by Crippen LogP contribution is 2.48. The van der Waals surface area contributed by atoms with Gasteiger partial charge < -0.3 is 15.5 Å². The first-order chi connectivity index (χ1) is 21.2. The second-order valence-corrected chi connectivity index (χ2v) is 13.7. The molecule has 3 N–H and O–H groups in total. The highest BCUT2D eigenvalue weighted by Gasteiger charge is 2.24. The summed E-state index contributed by atoms with van der Waals surface area (Å²) in [5.74, 6) is 0. The number of anilines is 1. The van der Waals surface area contributed by atoms with Gasteiger partial charge in [0.25, 0.3) is 0 Å². The van der Waals surface area contributed by atoms with Crippen molar-refractivity contribution in [1.82, 2.24) is 4.40 Å². The van der Waals surface area contributed by atoms with Crippen molar-refractivity contribution in [2.24, 2.45) is 5.73 Å². The molecule has 0 spiro atoms. The first kappa shape index (κ1) is 23.8. The van der Waals surface area contributed by atoms with E-state index in [4.69, 9.17) is 5.73 Å². The van der Waals surface area contributed by atoms with E-state index < -0.39 is 0 Å². The van der Waals surface area contributed by atoms with E-state index in [-0.39, 0.29) is 12.1 Å². The van der Waals surface area contributed by atoms with E-state index in [1.165, 1.54) is 78.7 Å². The minimum atomic E-state index is -0.0645. The van der Waals surface area contributed by atoms with Crippen molar-refractivity contribution >= 4 is 95.9 Å². The third-order valence-electron chi connectivity index (χ3n) is 9.17. The van der Waals surface area contributed by atoms with Crippen molar-refractivity contribution in [3.8, 4) is 11.1 Å². The first-order valence-corrected chi connectivity index (χ1v) is 16.3. The number of nitrogens with zero attached hydrogens (tertiary/aromatic N) is 1. The Morgan fingerprint density at radius 2 is 1.44 bits per heavy atom. The number of rotatable bonds is 3. The van der Waals surface area contributed by atoms with E-state index >= 15 is 0 Å². The van der Waals surface area contributed by atoms with Gasteiger partial charge in [-0.25, -0.2) is 0 Å². The average molecular weight is 588 g/mol. The van der Waals surface area contributed by atoms with Crippen LogP contribution >= 0.6 is 22.7 Å². The van der Waals surface area contributed by atoms with Gasteiger partial charge in [0.15, 0.2) is 0 Å². The Kier molecular flexibility index (Phi) is 4.81. The second kappa shape index (κ2) is 8.68. The summed E-state index contributed by atoms with van der Waals surface area (Å²) in [6.45, 7) is 0. The zero-order valence-corrected chi connectivity index (χ0v) is 24.7. The molecule has 4 heterocycles. The van der Waals surface area contributed by atoms with Gasteiger partial charge in [0.2, 0.25) is 0 Å². The van der Waals surface area contributed by atoms with Crippen molar-refractivity contribution in [2.75, 3.05) is 5.32 Å². The number of benzene rings is 5. The van der Waals surface area contributed by atoms with Crippen LogP contribution in [0.4, 0.5) is 5.69 Å². The van der Waals surface area contributed by atoms with Gasteiger partial charge in [-0.2, -0.15) is 0 Å². The van der Waals surface area contributed by atoms with Crippen LogP contribution in [0.5, 0.6) is 0 Å². The first-order valence-electron chi connectivity index (χ1n) is 14.6. The molecule has 2 unspecified atom stereocenters. The van der Waals surface area contributed by atoms with Gasteiger partial charge in [0.1, 0.15) is 0 Å². The summed E-state index contributed by atoms with van der Waals surface area (Å²) in [6, 6.07) is 33.7. The molecule has 0 bridgehead atoms. The Balaban J connectivity index is 1.28. The Labute approximate surface area is 255 Å². The molecule has 5 aromatic carbocycles. The number of fused-ring (bicyclic) bond motifs is 10. The number of allylic oxidation sites excluding steroid dienone is 2. The summed E-state index contributed by atoms with van der Waals surface area (Å²) >= 11 is 3.77. The predicted molar refractivity (Wildman–Crippen MR) is 188 cm³/mol. The van der Waals surface area contributed by atoms with Crippen LogP contribution in [0.3, 0.4) is 0 Å². The summed E-state index contributed by atoms with van der Waals surface area (Å²) in [5.41, 5.74) is 12.7. The lowest BCUT2D eigenvalue weighted by molar-refractivity contribution is 0.739. The molecule has 1 aliphatic rings. The fourth-order valence-corrected chi connectivity index (χ4v) is 9.59. The average Bonchev–Trinajstić information content (AvgIpc) is 3.78. The molecule has 0 aliphatic heterocycles.